The van der Waals surface area contributed by atoms with Gasteiger partial charge in [-0.25, -0.2) is 4.98 Å². The third-order valence-electron chi connectivity index (χ3n) is 5.04. The number of ether oxygens (including phenoxy) is 3. The zero-order valence-electron chi connectivity index (χ0n) is 16.6. The largest absolute Gasteiger partial charge is 0.497 e. The second-order valence-corrected chi connectivity index (χ2v) is 8.00. The van der Waals surface area contributed by atoms with Crippen LogP contribution in [-0.4, -0.2) is 44.4 Å². The molecule has 0 bridgehead atoms. The van der Waals surface area contributed by atoms with Crippen molar-refractivity contribution in [2.45, 2.75) is 25.4 Å². The lowest BCUT2D eigenvalue weighted by molar-refractivity contribution is -0.118. The second kappa shape index (κ2) is 8.80. The van der Waals surface area contributed by atoms with Gasteiger partial charge in [0.15, 0.2) is 5.13 Å². The molecule has 4 rings (SSSR count). The Morgan fingerprint density at radius 3 is 2.62 bits per heavy atom. The lowest BCUT2D eigenvalue weighted by Crippen LogP contribution is -2.38. The molecule has 6 nitrogen and oxygen atoms in total. The predicted octanol–water partition coefficient (Wildman–Crippen LogP) is 4.07. The van der Waals surface area contributed by atoms with Crippen molar-refractivity contribution < 1.29 is 19.0 Å². The maximum Gasteiger partial charge on any atom is 0.233 e. The van der Waals surface area contributed by atoms with Crippen molar-refractivity contribution in [2.24, 2.45) is 0 Å². The summed E-state index contributed by atoms with van der Waals surface area (Å²) in [6.07, 6.45) is 2.35. The standard InChI is InChI=1S/C22H24N2O4S/c1-26-16-7-5-15(6-8-16)12-21(25)24(14-18-4-3-11-28-18)22-23-19-10-9-17(27-2)13-20(19)29-22/h5-10,13,18H,3-4,11-12,14H2,1-2H3/t18-/m1/s1. The van der Waals surface area contributed by atoms with E-state index in [2.05, 4.69) is 0 Å². The van der Waals surface area contributed by atoms with E-state index in [1.165, 1.54) is 11.3 Å². The number of carbonyl (C=O) groups excluding carboxylic acids is 1. The summed E-state index contributed by atoms with van der Waals surface area (Å²) in [5.74, 6) is 1.57. The molecular formula is C22H24N2O4S. The molecule has 2 heterocycles. The number of methoxy groups -OCH3 is 2. The number of benzene rings is 2. The molecule has 1 aliphatic rings. The molecule has 0 unspecified atom stereocenters. The summed E-state index contributed by atoms with van der Waals surface area (Å²) in [6.45, 7) is 1.27. The molecule has 2 aromatic carbocycles. The SMILES string of the molecule is COc1ccc(CC(=O)N(C[C@H]2CCCO2)c2nc3ccc(OC)cc3s2)cc1. The molecule has 1 aromatic heterocycles. The van der Waals surface area contributed by atoms with Gasteiger partial charge in [0.25, 0.3) is 0 Å². The van der Waals surface area contributed by atoms with Crippen molar-refractivity contribution in [1.29, 1.82) is 0 Å². The van der Waals surface area contributed by atoms with Crippen LogP contribution in [-0.2, 0) is 16.0 Å². The van der Waals surface area contributed by atoms with Gasteiger partial charge < -0.3 is 14.2 Å². The van der Waals surface area contributed by atoms with Gasteiger partial charge in [-0.1, -0.05) is 23.5 Å². The van der Waals surface area contributed by atoms with Gasteiger partial charge in [0.2, 0.25) is 5.91 Å². The van der Waals surface area contributed by atoms with Crippen molar-refractivity contribution in [2.75, 3.05) is 32.3 Å². The molecular weight excluding hydrogens is 388 g/mol. The number of rotatable bonds is 7. The summed E-state index contributed by atoms with van der Waals surface area (Å²) < 4.78 is 17.3. The molecule has 1 atom stereocenters. The summed E-state index contributed by atoms with van der Waals surface area (Å²) in [5, 5.41) is 0.697. The van der Waals surface area contributed by atoms with E-state index in [1.54, 1.807) is 19.1 Å². The molecule has 152 valence electrons. The van der Waals surface area contributed by atoms with Crippen LogP contribution in [0.3, 0.4) is 0 Å². The first-order chi connectivity index (χ1) is 14.2. The number of fused-ring (bicyclic) bond motifs is 1. The van der Waals surface area contributed by atoms with Crippen molar-refractivity contribution >= 4 is 32.6 Å². The lowest BCUT2D eigenvalue weighted by Gasteiger charge is -2.23. The van der Waals surface area contributed by atoms with E-state index >= 15 is 0 Å². The monoisotopic (exact) mass is 412 g/mol. The average molecular weight is 413 g/mol. The first-order valence-electron chi connectivity index (χ1n) is 9.66. The highest BCUT2D eigenvalue weighted by Crippen LogP contribution is 2.32. The van der Waals surface area contributed by atoms with Gasteiger partial charge in [-0.2, -0.15) is 0 Å². The molecule has 0 N–H and O–H groups in total. The van der Waals surface area contributed by atoms with Gasteiger partial charge in [0, 0.05) is 6.61 Å². The van der Waals surface area contributed by atoms with E-state index in [4.69, 9.17) is 19.2 Å². The molecule has 1 fully saturated rings. The number of hydrogen-bond donors (Lipinski definition) is 0. The minimum atomic E-state index is 0.0108. The Labute approximate surface area is 174 Å². The number of amides is 1. The van der Waals surface area contributed by atoms with E-state index in [-0.39, 0.29) is 12.0 Å². The summed E-state index contributed by atoms with van der Waals surface area (Å²) in [5.41, 5.74) is 1.80. The van der Waals surface area contributed by atoms with Crippen LogP contribution in [0.1, 0.15) is 18.4 Å². The number of aromatic nitrogens is 1. The van der Waals surface area contributed by atoms with Crippen LogP contribution < -0.4 is 14.4 Å². The number of carbonyl (C=O) groups is 1. The molecule has 0 spiro atoms. The third-order valence-corrected chi connectivity index (χ3v) is 6.08. The Kier molecular flexibility index (Phi) is 5.97. The topological polar surface area (TPSA) is 60.9 Å². The predicted molar refractivity (Wildman–Crippen MR) is 114 cm³/mol. The normalized spacial score (nSPS) is 16.1. The summed E-state index contributed by atoms with van der Waals surface area (Å²) in [4.78, 5) is 19.7. The van der Waals surface area contributed by atoms with Crippen LogP contribution in [0, 0.1) is 0 Å². The van der Waals surface area contributed by atoms with Gasteiger partial charge in [0.05, 0.1) is 43.5 Å². The van der Waals surface area contributed by atoms with Crippen molar-refractivity contribution in [1.82, 2.24) is 4.98 Å². The maximum atomic E-state index is 13.2. The minimum absolute atomic E-state index is 0.0108. The number of anilines is 1. The number of thiazole rings is 1. The van der Waals surface area contributed by atoms with Crippen LogP contribution in [0.4, 0.5) is 5.13 Å². The van der Waals surface area contributed by atoms with Crippen molar-refractivity contribution in [3.8, 4) is 11.5 Å². The number of hydrogen-bond acceptors (Lipinski definition) is 6. The summed E-state index contributed by atoms with van der Waals surface area (Å²) in [6, 6.07) is 13.3. The van der Waals surface area contributed by atoms with Crippen molar-refractivity contribution in [3.63, 3.8) is 0 Å². The molecule has 29 heavy (non-hydrogen) atoms. The highest BCUT2D eigenvalue weighted by molar-refractivity contribution is 7.22. The molecule has 7 heteroatoms. The highest BCUT2D eigenvalue weighted by Gasteiger charge is 2.26. The first kappa shape index (κ1) is 19.7. The summed E-state index contributed by atoms with van der Waals surface area (Å²) >= 11 is 1.50. The molecule has 3 aromatic rings. The van der Waals surface area contributed by atoms with Gasteiger partial charge in [0.1, 0.15) is 11.5 Å². The lowest BCUT2D eigenvalue weighted by atomic mass is 10.1. The van der Waals surface area contributed by atoms with Gasteiger partial charge >= 0.3 is 0 Å². The fourth-order valence-corrected chi connectivity index (χ4v) is 4.45. The van der Waals surface area contributed by atoms with Crippen LogP contribution in [0.2, 0.25) is 0 Å². The van der Waals surface area contributed by atoms with E-state index in [9.17, 15) is 4.79 Å². The average Bonchev–Trinajstić information content (AvgIpc) is 3.41. The van der Waals surface area contributed by atoms with Crippen LogP contribution >= 0.6 is 11.3 Å². The Morgan fingerprint density at radius 1 is 1.17 bits per heavy atom. The van der Waals surface area contributed by atoms with Gasteiger partial charge in [-0.05, 0) is 48.7 Å². The Hall–Kier alpha value is -2.64. The van der Waals surface area contributed by atoms with E-state index < -0.39 is 0 Å². The van der Waals surface area contributed by atoms with Crippen LogP contribution in [0.5, 0.6) is 11.5 Å². The van der Waals surface area contributed by atoms with E-state index in [1.807, 2.05) is 42.5 Å². The highest BCUT2D eigenvalue weighted by atomic mass is 32.1. The molecule has 1 amide bonds. The quantitative estimate of drug-likeness (QED) is 0.585. The molecule has 0 saturated carbocycles. The molecule has 0 aliphatic carbocycles. The maximum absolute atomic E-state index is 13.2. The van der Waals surface area contributed by atoms with Crippen LogP contribution in [0.25, 0.3) is 10.2 Å². The summed E-state index contributed by atoms with van der Waals surface area (Å²) in [7, 11) is 3.27. The molecule has 1 saturated heterocycles. The number of nitrogens with zero attached hydrogens (tertiary/aromatic N) is 2. The third kappa shape index (κ3) is 4.52. The zero-order chi connectivity index (χ0) is 20.2. The Balaban J connectivity index is 1.60. The zero-order valence-corrected chi connectivity index (χ0v) is 17.4. The molecule has 0 radical (unpaired) electrons. The van der Waals surface area contributed by atoms with Crippen LogP contribution in [0.15, 0.2) is 42.5 Å². The Morgan fingerprint density at radius 2 is 1.93 bits per heavy atom. The second-order valence-electron chi connectivity index (χ2n) is 6.99. The molecule has 1 aliphatic heterocycles. The van der Waals surface area contributed by atoms with Gasteiger partial charge in [-0.15, -0.1) is 0 Å². The Bertz CT molecular complexity index is 980. The van der Waals surface area contributed by atoms with E-state index in [0.717, 1.165) is 46.7 Å². The van der Waals surface area contributed by atoms with Crippen molar-refractivity contribution in [3.05, 3.63) is 48.0 Å². The fraction of sp³-hybridized carbons (Fsp3) is 0.364. The fourth-order valence-electron chi connectivity index (χ4n) is 3.43. The minimum Gasteiger partial charge on any atom is -0.497 e. The smallest absolute Gasteiger partial charge is 0.233 e. The van der Waals surface area contributed by atoms with Gasteiger partial charge in [-0.3, -0.25) is 9.69 Å². The van der Waals surface area contributed by atoms with E-state index in [0.29, 0.717) is 18.1 Å². The first-order valence-corrected chi connectivity index (χ1v) is 10.5.